The average Bonchev–Trinajstić information content (AvgIpc) is 2.60. The molecule has 0 atom stereocenters. The van der Waals surface area contributed by atoms with E-state index < -0.39 is 0 Å². The predicted octanol–water partition coefficient (Wildman–Crippen LogP) is 9.42. The Bertz CT molecular complexity index is 174. The maximum atomic E-state index is 2.56. The van der Waals surface area contributed by atoms with Crippen LogP contribution in [0.5, 0.6) is 0 Å². The smallest absolute Gasteiger partial charge is 0.0386 e. The van der Waals surface area contributed by atoms with Crippen LogP contribution in [0.2, 0.25) is 0 Å². The molecule has 0 aromatic carbocycles. The first-order valence-electron chi connectivity index (χ1n) is 11.7. The van der Waals surface area contributed by atoms with Gasteiger partial charge in [-0.3, -0.25) is 0 Å². The van der Waals surface area contributed by atoms with Crippen molar-refractivity contribution in [3.05, 3.63) is 6.42 Å². The monoisotopic (exact) mass is 337 g/mol. The maximum Gasteiger partial charge on any atom is -0.0386 e. The Hall–Kier alpha value is 0. The number of rotatable bonds is 21. The van der Waals surface area contributed by atoms with Gasteiger partial charge in [0.05, 0.1) is 0 Å². The van der Waals surface area contributed by atoms with Crippen molar-refractivity contribution in [3.8, 4) is 0 Å². The second kappa shape index (κ2) is 23.0. The van der Waals surface area contributed by atoms with Gasteiger partial charge in [-0.2, -0.15) is 0 Å². The minimum Gasteiger partial charge on any atom is -0.0654 e. The van der Waals surface area contributed by atoms with Gasteiger partial charge in [0.15, 0.2) is 0 Å². The Balaban J connectivity index is 2.93. The number of hydrogen-bond acceptors (Lipinski definition) is 0. The lowest BCUT2D eigenvalue weighted by molar-refractivity contribution is 0.540. The molecule has 0 aliphatic rings. The minimum absolute atomic E-state index is 1.37. The third kappa shape index (κ3) is 22.0. The van der Waals surface area contributed by atoms with Crippen molar-refractivity contribution in [1.82, 2.24) is 0 Å². The summed E-state index contributed by atoms with van der Waals surface area (Å²) in [5.41, 5.74) is 0. The third-order valence-corrected chi connectivity index (χ3v) is 5.27. The van der Waals surface area contributed by atoms with E-state index in [9.17, 15) is 0 Å². The van der Waals surface area contributed by atoms with Gasteiger partial charge in [-0.25, -0.2) is 0 Å². The molecular formula is C24H49. The van der Waals surface area contributed by atoms with Crippen LogP contribution in [-0.2, 0) is 0 Å². The van der Waals surface area contributed by atoms with Crippen LogP contribution in [-0.4, -0.2) is 0 Å². The zero-order valence-corrected chi connectivity index (χ0v) is 17.4. The molecule has 0 saturated carbocycles. The molecule has 0 nitrogen and oxygen atoms in total. The summed E-state index contributed by atoms with van der Waals surface area (Å²) in [6, 6.07) is 0. The fourth-order valence-electron chi connectivity index (χ4n) is 3.52. The molecule has 0 saturated heterocycles. The van der Waals surface area contributed by atoms with E-state index in [-0.39, 0.29) is 0 Å². The quantitative estimate of drug-likeness (QED) is 0.183. The van der Waals surface area contributed by atoms with Crippen LogP contribution in [0.25, 0.3) is 0 Å². The van der Waals surface area contributed by atoms with Gasteiger partial charge in [-0.15, -0.1) is 0 Å². The van der Waals surface area contributed by atoms with Gasteiger partial charge in [0.25, 0.3) is 0 Å². The molecule has 0 bridgehead atoms. The average molecular weight is 338 g/mol. The van der Waals surface area contributed by atoms with Crippen LogP contribution in [0, 0.1) is 6.42 Å². The van der Waals surface area contributed by atoms with E-state index in [0.717, 1.165) is 0 Å². The topological polar surface area (TPSA) is 0 Å². The molecule has 0 heterocycles. The van der Waals surface area contributed by atoms with E-state index >= 15 is 0 Å². The van der Waals surface area contributed by atoms with Crippen LogP contribution >= 0.6 is 0 Å². The predicted molar refractivity (Wildman–Crippen MR) is 113 cm³/mol. The summed E-state index contributed by atoms with van der Waals surface area (Å²) in [7, 11) is 0. The van der Waals surface area contributed by atoms with Gasteiger partial charge in [-0.1, -0.05) is 149 Å². The lowest BCUT2D eigenvalue weighted by atomic mass is 10.0. The molecule has 0 unspecified atom stereocenters. The molecule has 0 aromatic rings. The van der Waals surface area contributed by atoms with Crippen LogP contribution in [0.3, 0.4) is 0 Å². The molecule has 0 aromatic heterocycles. The summed E-state index contributed by atoms with van der Waals surface area (Å²) in [6.45, 7) is 4.60. The van der Waals surface area contributed by atoms with Gasteiger partial charge in [0, 0.05) is 0 Å². The largest absolute Gasteiger partial charge is 0.0654 e. The van der Waals surface area contributed by atoms with Gasteiger partial charge in [-0.05, 0) is 6.42 Å². The lowest BCUT2D eigenvalue weighted by Crippen LogP contribution is -1.84. The number of unbranched alkanes of at least 4 members (excludes halogenated alkanes) is 21. The highest BCUT2D eigenvalue weighted by atomic mass is 14.0. The van der Waals surface area contributed by atoms with Gasteiger partial charge in [0.1, 0.15) is 0 Å². The van der Waals surface area contributed by atoms with E-state index in [1.807, 2.05) is 0 Å². The summed E-state index contributed by atoms with van der Waals surface area (Å²) >= 11 is 0. The van der Waals surface area contributed by atoms with Crippen molar-refractivity contribution in [2.45, 2.75) is 149 Å². The third-order valence-electron chi connectivity index (χ3n) is 5.27. The Labute approximate surface area is 155 Å². The van der Waals surface area contributed by atoms with E-state index in [1.165, 1.54) is 135 Å². The van der Waals surface area contributed by atoms with Crippen molar-refractivity contribution in [3.63, 3.8) is 0 Å². The van der Waals surface area contributed by atoms with E-state index in [2.05, 4.69) is 20.3 Å². The zero-order valence-electron chi connectivity index (χ0n) is 17.4. The van der Waals surface area contributed by atoms with Crippen molar-refractivity contribution in [2.24, 2.45) is 0 Å². The second-order valence-electron chi connectivity index (χ2n) is 7.88. The normalized spacial score (nSPS) is 11.2. The van der Waals surface area contributed by atoms with Gasteiger partial charge < -0.3 is 0 Å². The fraction of sp³-hybridized carbons (Fsp3) is 0.958. The Morgan fingerprint density at radius 3 is 0.875 bits per heavy atom. The summed E-state index contributed by atoms with van der Waals surface area (Å²) in [5, 5.41) is 0. The summed E-state index contributed by atoms with van der Waals surface area (Å²) in [6.07, 6.45) is 32.9. The van der Waals surface area contributed by atoms with Crippen LogP contribution < -0.4 is 0 Å². The summed E-state index contributed by atoms with van der Waals surface area (Å²) in [4.78, 5) is 0. The molecule has 145 valence electrons. The first-order valence-corrected chi connectivity index (χ1v) is 11.7. The van der Waals surface area contributed by atoms with Crippen molar-refractivity contribution < 1.29 is 0 Å². The van der Waals surface area contributed by atoms with Crippen LogP contribution in [0.1, 0.15) is 149 Å². The van der Waals surface area contributed by atoms with E-state index in [0.29, 0.717) is 0 Å². The summed E-state index contributed by atoms with van der Waals surface area (Å²) in [5.74, 6) is 0. The van der Waals surface area contributed by atoms with Crippen LogP contribution in [0.4, 0.5) is 0 Å². The SMILES string of the molecule is CCCCCCCCC[CH]CCCCCCCCCCCCCC. The number of hydrogen-bond donors (Lipinski definition) is 0. The first kappa shape index (κ1) is 24.0. The maximum absolute atomic E-state index is 2.56. The summed E-state index contributed by atoms with van der Waals surface area (Å²) < 4.78 is 0. The second-order valence-corrected chi connectivity index (χ2v) is 7.88. The molecule has 0 spiro atoms. The first-order chi connectivity index (χ1) is 11.9. The molecule has 0 fully saturated rings. The minimum atomic E-state index is 1.37. The Morgan fingerprint density at radius 2 is 0.583 bits per heavy atom. The molecule has 1 radical (unpaired) electrons. The van der Waals surface area contributed by atoms with Crippen molar-refractivity contribution >= 4 is 0 Å². The van der Waals surface area contributed by atoms with Crippen LogP contribution in [0.15, 0.2) is 0 Å². The van der Waals surface area contributed by atoms with Crippen molar-refractivity contribution in [2.75, 3.05) is 0 Å². The molecule has 0 N–H and O–H groups in total. The molecule has 0 rings (SSSR count). The highest BCUT2D eigenvalue weighted by Crippen LogP contribution is 2.14. The highest BCUT2D eigenvalue weighted by molar-refractivity contribution is 4.64. The standard InChI is InChI=1S/C24H49/c1-3-5-7-9-11-13-15-17-19-21-23-24-22-20-18-16-14-12-10-8-6-4-2/h19H,3-18,20-24H2,1-2H3. The highest BCUT2D eigenvalue weighted by Gasteiger charge is 1.95. The van der Waals surface area contributed by atoms with E-state index in [4.69, 9.17) is 0 Å². The molecule has 0 heteroatoms. The molecular weight excluding hydrogens is 288 g/mol. The van der Waals surface area contributed by atoms with Crippen molar-refractivity contribution in [1.29, 1.82) is 0 Å². The Morgan fingerprint density at radius 1 is 0.333 bits per heavy atom. The Kier molecular flexibility index (Phi) is 23.0. The van der Waals surface area contributed by atoms with E-state index in [1.54, 1.807) is 0 Å². The zero-order chi connectivity index (χ0) is 17.6. The van der Waals surface area contributed by atoms with Gasteiger partial charge >= 0.3 is 0 Å². The molecule has 0 amide bonds. The van der Waals surface area contributed by atoms with Gasteiger partial charge in [0.2, 0.25) is 0 Å². The molecule has 24 heavy (non-hydrogen) atoms. The molecule has 0 aliphatic carbocycles. The fourth-order valence-corrected chi connectivity index (χ4v) is 3.52. The lowest BCUT2D eigenvalue weighted by Gasteiger charge is -2.04. The molecule has 0 aliphatic heterocycles.